The van der Waals surface area contributed by atoms with Crippen LogP contribution in [0.25, 0.3) is 22.0 Å². The Kier molecular flexibility index (Phi) is 10.9. The van der Waals surface area contributed by atoms with Crippen LogP contribution < -0.4 is 4.57 Å². The fourth-order valence-electron chi connectivity index (χ4n) is 8.16. The Bertz CT molecular complexity index is 1620. The molecule has 0 saturated heterocycles. The van der Waals surface area contributed by atoms with Crippen LogP contribution in [-0.2, 0) is 17.0 Å². The SMILES string of the molecule is CC(C)[C@@H]1C[C@@H]2C(c3cccc(-c4ccccc4)c3)=CC=C[C@@H]2C1[Si](C)(C)N1c2ccccc2[N-]c2ccccc21.[CH3-].[Cl][Ti][Cl]. The summed E-state index contributed by atoms with van der Waals surface area (Å²) in [5, 5.41) is 5.08. The van der Waals surface area contributed by atoms with E-state index in [-0.39, 0.29) is 7.43 Å². The van der Waals surface area contributed by atoms with Gasteiger partial charge in [-0.05, 0) is 76.1 Å². The predicted octanol–water partition coefficient (Wildman–Crippen LogP) is 13.1. The van der Waals surface area contributed by atoms with Gasteiger partial charge in [0.05, 0.1) is 0 Å². The van der Waals surface area contributed by atoms with Crippen LogP contribution in [0, 0.1) is 31.1 Å². The van der Waals surface area contributed by atoms with Crippen molar-refractivity contribution in [1.82, 2.24) is 0 Å². The van der Waals surface area contributed by atoms with Gasteiger partial charge in [0.25, 0.3) is 0 Å². The van der Waals surface area contributed by atoms with Crippen LogP contribution in [-0.4, -0.2) is 8.24 Å². The summed E-state index contributed by atoms with van der Waals surface area (Å²) in [6.45, 7) is 10.2. The molecule has 0 radical (unpaired) electrons. The number of fused-ring (bicyclic) bond motifs is 3. The van der Waals surface area contributed by atoms with E-state index < -0.39 is 25.3 Å². The van der Waals surface area contributed by atoms with E-state index in [1.165, 1.54) is 40.1 Å². The molecule has 1 saturated carbocycles. The van der Waals surface area contributed by atoms with Gasteiger partial charge in [0.15, 0.2) is 8.24 Å². The second-order valence-electron chi connectivity index (χ2n) is 13.0. The van der Waals surface area contributed by atoms with Gasteiger partial charge in [-0.15, -0.1) is 11.4 Å². The third-order valence-corrected chi connectivity index (χ3v) is 14.0. The van der Waals surface area contributed by atoms with Crippen molar-refractivity contribution in [3.8, 4) is 11.1 Å². The van der Waals surface area contributed by atoms with Crippen molar-refractivity contribution in [2.45, 2.75) is 38.9 Å². The molecule has 0 spiro atoms. The molecule has 0 aromatic heterocycles. The zero-order valence-electron chi connectivity index (χ0n) is 26.8. The molecular formula is C39H42Cl2N2SiTi-2. The molecule has 2 aliphatic carbocycles. The van der Waals surface area contributed by atoms with Gasteiger partial charge in [-0.2, -0.15) is 0 Å². The first kappa shape index (κ1) is 33.8. The summed E-state index contributed by atoms with van der Waals surface area (Å²) in [6, 6.07) is 37.6. The summed E-state index contributed by atoms with van der Waals surface area (Å²) < 4.78 is 2.76. The summed E-state index contributed by atoms with van der Waals surface area (Å²) in [5.74, 6) is 2.36. The maximum absolute atomic E-state index is 5.08. The summed E-state index contributed by atoms with van der Waals surface area (Å²) in [7, 11) is 7.67. The molecule has 1 aliphatic heterocycles. The van der Waals surface area contributed by atoms with Crippen LogP contribution in [0.15, 0.2) is 121 Å². The molecular weight excluding hydrogens is 643 g/mol. The quantitative estimate of drug-likeness (QED) is 0.151. The van der Waals surface area contributed by atoms with Gasteiger partial charge < -0.3 is 17.3 Å². The molecule has 3 aliphatic rings. The van der Waals surface area contributed by atoms with Crippen molar-refractivity contribution in [2.24, 2.45) is 23.7 Å². The van der Waals surface area contributed by atoms with E-state index in [1.54, 1.807) is 0 Å². The number of benzene rings is 4. The monoisotopic (exact) mass is 684 g/mol. The molecule has 0 amide bonds. The first-order valence-electron chi connectivity index (χ1n) is 15.6. The number of hydrogen-bond donors (Lipinski definition) is 0. The van der Waals surface area contributed by atoms with Crippen LogP contribution in [0.4, 0.5) is 22.7 Å². The molecule has 6 heteroatoms. The molecule has 4 aromatic rings. The van der Waals surface area contributed by atoms with Gasteiger partial charge in [0, 0.05) is 11.4 Å². The number of nitrogens with zero attached hydrogens (tertiary/aromatic N) is 2. The van der Waals surface area contributed by atoms with Crippen molar-refractivity contribution in [2.75, 3.05) is 4.57 Å². The Morgan fingerprint density at radius 1 is 0.778 bits per heavy atom. The molecule has 1 heterocycles. The van der Waals surface area contributed by atoms with Crippen molar-refractivity contribution in [3.05, 3.63) is 140 Å². The zero-order chi connectivity index (χ0) is 30.8. The Labute approximate surface area is 288 Å². The maximum atomic E-state index is 5.08. The molecule has 4 aromatic carbocycles. The molecule has 7 rings (SSSR count). The zero-order valence-corrected chi connectivity index (χ0v) is 30.9. The van der Waals surface area contributed by atoms with Gasteiger partial charge in [-0.3, -0.25) is 0 Å². The first-order chi connectivity index (χ1) is 21.3. The van der Waals surface area contributed by atoms with Crippen molar-refractivity contribution in [1.29, 1.82) is 0 Å². The van der Waals surface area contributed by atoms with E-state index in [4.69, 9.17) is 23.9 Å². The molecule has 4 atom stereocenters. The van der Waals surface area contributed by atoms with Crippen LogP contribution >= 0.6 is 18.6 Å². The minimum atomic E-state index is -2.11. The van der Waals surface area contributed by atoms with Crippen LogP contribution in [0.5, 0.6) is 0 Å². The molecule has 0 N–H and O–H groups in total. The average Bonchev–Trinajstić information content (AvgIpc) is 3.46. The fourth-order valence-corrected chi connectivity index (χ4v) is 12.9. The average molecular weight is 686 g/mol. The van der Waals surface area contributed by atoms with E-state index in [1.807, 2.05) is 0 Å². The number of para-hydroxylation sites is 4. The van der Waals surface area contributed by atoms with E-state index in [9.17, 15) is 0 Å². The number of allylic oxidation sites excluding steroid dienone is 4. The summed E-state index contributed by atoms with van der Waals surface area (Å²) in [6.07, 6.45) is 8.57. The Morgan fingerprint density at radius 2 is 1.33 bits per heavy atom. The van der Waals surface area contributed by atoms with Gasteiger partial charge in [0.1, 0.15) is 0 Å². The summed E-state index contributed by atoms with van der Waals surface area (Å²) in [4.78, 5) is 0. The Morgan fingerprint density at radius 3 is 1.96 bits per heavy atom. The molecule has 1 fully saturated rings. The summed E-state index contributed by atoms with van der Waals surface area (Å²) in [5.41, 5.74) is 10.8. The van der Waals surface area contributed by atoms with Gasteiger partial charge in [-0.25, -0.2) is 0 Å². The molecule has 2 nitrogen and oxygen atoms in total. The first-order valence-corrected chi connectivity index (χ1v) is 22.9. The van der Waals surface area contributed by atoms with E-state index in [2.05, 4.69) is 153 Å². The van der Waals surface area contributed by atoms with Crippen molar-refractivity contribution < 1.29 is 17.0 Å². The minimum absolute atomic E-state index is 0. The normalized spacial score (nSPS) is 21.2. The van der Waals surface area contributed by atoms with Gasteiger partial charge in [0.2, 0.25) is 0 Å². The van der Waals surface area contributed by atoms with Crippen LogP contribution in [0.3, 0.4) is 0 Å². The fraction of sp³-hybridized carbons (Fsp3) is 0.256. The number of halogens is 2. The molecule has 1 unspecified atom stereocenters. The number of anilines is 2. The summed E-state index contributed by atoms with van der Waals surface area (Å²) >= 11 is -0.556. The second kappa shape index (κ2) is 14.5. The third-order valence-electron chi connectivity index (χ3n) is 9.91. The van der Waals surface area contributed by atoms with Crippen molar-refractivity contribution in [3.63, 3.8) is 0 Å². The molecule has 45 heavy (non-hydrogen) atoms. The molecule has 0 bridgehead atoms. The van der Waals surface area contributed by atoms with E-state index in [0.717, 1.165) is 11.4 Å². The standard InChI is InChI=1S/C38H39N2Si.CH3.2ClH.Ti/c1-26(2)32-25-33-30(29-17-12-16-28(24-29)27-14-6-5-7-15-27)18-13-19-31(33)38(32)41(3,4)40-36-22-10-8-20-34(36)39-35-21-9-11-23-37(35)40;;;;/h5-24,26,31-33,38H,25H2,1-4H3;1H3;2*1H;/q2*-1;;;+2/p-2/t31-,32-,33+,38?;;;;/m0..../s1. The topological polar surface area (TPSA) is 17.3 Å². The predicted molar refractivity (Wildman–Crippen MR) is 196 cm³/mol. The Balaban J connectivity index is 0.000000963. The van der Waals surface area contributed by atoms with Gasteiger partial charge >= 0.3 is 35.6 Å². The molecule has 232 valence electrons. The Hall–Kier alpha value is -2.53. The van der Waals surface area contributed by atoms with Crippen molar-refractivity contribution >= 4 is 55.2 Å². The van der Waals surface area contributed by atoms with E-state index in [0.29, 0.717) is 29.2 Å². The van der Waals surface area contributed by atoms with Crippen LogP contribution in [0.2, 0.25) is 18.6 Å². The second-order valence-corrected chi connectivity index (χ2v) is 20.0. The van der Waals surface area contributed by atoms with Crippen LogP contribution in [0.1, 0.15) is 25.8 Å². The third kappa shape index (κ3) is 6.53. The number of rotatable bonds is 5. The van der Waals surface area contributed by atoms with Gasteiger partial charge in [-0.1, -0.05) is 130 Å². The van der Waals surface area contributed by atoms with E-state index >= 15 is 0 Å². The number of hydrogen-bond acceptors (Lipinski definition) is 1.